The Bertz CT molecular complexity index is 632. The third kappa shape index (κ3) is 4.32. The Labute approximate surface area is 128 Å². The van der Waals surface area contributed by atoms with E-state index in [9.17, 15) is 4.79 Å². The van der Waals surface area contributed by atoms with E-state index in [0.717, 1.165) is 5.69 Å². The molecular formula is C14H16ClN5O. The maximum atomic E-state index is 11.8. The van der Waals surface area contributed by atoms with Gasteiger partial charge in [0.1, 0.15) is 0 Å². The lowest BCUT2D eigenvalue weighted by Gasteiger charge is -2.11. The highest BCUT2D eigenvalue weighted by atomic mass is 35.5. The Morgan fingerprint density at radius 3 is 2.76 bits per heavy atom. The van der Waals surface area contributed by atoms with Crippen molar-refractivity contribution in [3.63, 3.8) is 0 Å². The fourth-order valence-electron chi connectivity index (χ4n) is 1.60. The molecule has 21 heavy (non-hydrogen) atoms. The van der Waals surface area contributed by atoms with E-state index in [1.807, 2.05) is 14.1 Å². The number of halogens is 1. The van der Waals surface area contributed by atoms with Gasteiger partial charge >= 0.3 is 6.03 Å². The molecular weight excluding hydrogens is 290 g/mol. The van der Waals surface area contributed by atoms with Crippen LogP contribution in [0.3, 0.4) is 0 Å². The first-order valence-electron chi connectivity index (χ1n) is 6.35. The zero-order valence-corrected chi connectivity index (χ0v) is 12.6. The minimum Gasteiger partial charge on any atom is -0.347 e. The standard InChI is InChI=1S/C14H16ClN5O/c1-20(2)13-16-8-7-10(18-13)9-17-14(21)19-12-6-4-3-5-11(12)15/h3-8H,9H2,1-2H3,(H2,17,19,21). The zero-order valence-electron chi connectivity index (χ0n) is 11.8. The molecule has 2 N–H and O–H groups in total. The molecule has 7 heteroatoms. The molecule has 0 aliphatic heterocycles. The summed E-state index contributed by atoms with van der Waals surface area (Å²) >= 11 is 5.97. The number of aromatic nitrogens is 2. The molecule has 1 heterocycles. The van der Waals surface area contributed by atoms with E-state index < -0.39 is 0 Å². The molecule has 2 rings (SSSR count). The highest BCUT2D eigenvalue weighted by Crippen LogP contribution is 2.20. The van der Waals surface area contributed by atoms with Crippen molar-refractivity contribution in [2.45, 2.75) is 6.54 Å². The summed E-state index contributed by atoms with van der Waals surface area (Å²) in [4.78, 5) is 22.1. The smallest absolute Gasteiger partial charge is 0.319 e. The SMILES string of the molecule is CN(C)c1nccc(CNC(=O)Nc2ccccc2Cl)n1. The van der Waals surface area contributed by atoms with Crippen molar-refractivity contribution in [2.75, 3.05) is 24.3 Å². The maximum absolute atomic E-state index is 11.8. The second-order valence-corrected chi connectivity index (χ2v) is 4.94. The van der Waals surface area contributed by atoms with E-state index in [0.29, 0.717) is 23.2 Å². The fourth-order valence-corrected chi connectivity index (χ4v) is 1.78. The molecule has 0 aliphatic carbocycles. The van der Waals surface area contributed by atoms with Gasteiger partial charge in [-0.1, -0.05) is 23.7 Å². The monoisotopic (exact) mass is 305 g/mol. The van der Waals surface area contributed by atoms with Crippen molar-refractivity contribution < 1.29 is 4.79 Å². The summed E-state index contributed by atoms with van der Waals surface area (Å²) in [5, 5.41) is 5.90. The van der Waals surface area contributed by atoms with Crippen LogP contribution in [0.2, 0.25) is 5.02 Å². The second kappa shape index (κ2) is 6.90. The highest BCUT2D eigenvalue weighted by Gasteiger charge is 2.06. The van der Waals surface area contributed by atoms with Gasteiger partial charge in [0.05, 0.1) is 22.9 Å². The summed E-state index contributed by atoms with van der Waals surface area (Å²) in [5.41, 5.74) is 1.29. The summed E-state index contributed by atoms with van der Waals surface area (Å²) in [6, 6.07) is 8.46. The average Bonchev–Trinajstić information content (AvgIpc) is 2.48. The minimum atomic E-state index is -0.340. The van der Waals surface area contributed by atoms with Gasteiger partial charge in [0.2, 0.25) is 5.95 Å². The Morgan fingerprint density at radius 2 is 2.05 bits per heavy atom. The molecule has 6 nitrogen and oxygen atoms in total. The van der Waals surface area contributed by atoms with E-state index in [-0.39, 0.29) is 6.03 Å². The molecule has 0 saturated heterocycles. The van der Waals surface area contributed by atoms with Gasteiger partial charge in [-0.2, -0.15) is 0 Å². The van der Waals surface area contributed by atoms with Gasteiger partial charge in [-0.05, 0) is 18.2 Å². The van der Waals surface area contributed by atoms with Crippen LogP contribution in [0.1, 0.15) is 5.69 Å². The number of carbonyl (C=O) groups is 1. The molecule has 0 atom stereocenters. The quantitative estimate of drug-likeness (QED) is 0.910. The number of hydrogen-bond acceptors (Lipinski definition) is 4. The van der Waals surface area contributed by atoms with E-state index in [2.05, 4.69) is 20.6 Å². The molecule has 0 spiro atoms. The second-order valence-electron chi connectivity index (χ2n) is 4.53. The molecule has 2 amide bonds. The van der Waals surface area contributed by atoms with Crippen molar-refractivity contribution in [1.29, 1.82) is 0 Å². The van der Waals surface area contributed by atoms with E-state index in [1.54, 1.807) is 41.4 Å². The maximum Gasteiger partial charge on any atom is 0.319 e. The van der Waals surface area contributed by atoms with Crippen LogP contribution in [0.4, 0.5) is 16.4 Å². The summed E-state index contributed by atoms with van der Waals surface area (Å²) in [7, 11) is 3.72. The zero-order chi connectivity index (χ0) is 15.2. The molecule has 0 radical (unpaired) electrons. The van der Waals surface area contributed by atoms with Gasteiger partial charge in [0, 0.05) is 20.3 Å². The number of nitrogens with one attached hydrogen (secondary N) is 2. The number of para-hydroxylation sites is 1. The summed E-state index contributed by atoms with van der Waals surface area (Å²) in [6.45, 7) is 0.305. The molecule has 1 aromatic carbocycles. The lowest BCUT2D eigenvalue weighted by molar-refractivity contribution is 0.251. The molecule has 0 aliphatic rings. The first-order chi connectivity index (χ1) is 10.1. The fraction of sp³-hybridized carbons (Fsp3) is 0.214. The number of urea groups is 1. The summed E-state index contributed by atoms with van der Waals surface area (Å²) in [6.07, 6.45) is 1.66. The predicted octanol–water partition coefficient (Wildman–Crippen LogP) is 2.52. The number of anilines is 2. The van der Waals surface area contributed by atoms with Crippen LogP contribution in [0.25, 0.3) is 0 Å². The Morgan fingerprint density at radius 1 is 1.29 bits per heavy atom. The molecule has 110 valence electrons. The van der Waals surface area contributed by atoms with E-state index in [4.69, 9.17) is 11.6 Å². The number of hydrogen-bond donors (Lipinski definition) is 2. The topological polar surface area (TPSA) is 70.2 Å². The number of benzene rings is 1. The van der Waals surface area contributed by atoms with Gasteiger partial charge in [-0.15, -0.1) is 0 Å². The van der Waals surface area contributed by atoms with E-state index in [1.165, 1.54) is 0 Å². The van der Waals surface area contributed by atoms with Crippen LogP contribution >= 0.6 is 11.6 Å². The molecule has 0 bridgehead atoms. The predicted molar refractivity (Wildman–Crippen MR) is 83.7 cm³/mol. The van der Waals surface area contributed by atoms with Gasteiger partial charge in [-0.25, -0.2) is 14.8 Å². The Kier molecular flexibility index (Phi) is 4.94. The average molecular weight is 306 g/mol. The Balaban J connectivity index is 1.92. The van der Waals surface area contributed by atoms with E-state index >= 15 is 0 Å². The lowest BCUT2D eigenvalue weighted by atomic mass is 10.3. The molecule has 0 saturated carbocycles. The third-order valence-corrected chi connectivity index (χ3v) is 2.98. The number of nitrogens with zero attached hydrogens (tertiary/aromatic N) is 3. The van der Waals surface area contributed by atoms with Crippen LogP contribution in [0.5, 0.6) is 0 Å². The number of rotatable bonds is 4. The largest absolute Gasteiger partial charge is 0.347 e. The van der Waals surface area contributed by atoms with Gasteiger partial charge < -0.3 is 15.5 Å². The van der Waals surface area contributed by atoms with Crippen LogP contribution in [-0.2, 0) is 6.54 Å². The van der Waals surface area contributed by atoms with Crippen molar-refractivity contribution in [3.8, 4) is 0 Å². The third-order valence-electron chi connectivity index (χ3n) is 2.65. The minimum absolute atomic E-state index is 0.305. The summed E-state index contributed by atoms with van der Waals surface area (Å²) < 4.78 is 0. The first-order valence-corrected chi connectivity index (χ1v) is 6.72. The van der Waals surface area contributed by atoms with Crippen LogP contribution in [0.15, 0.2) is 36.5 Å². The number of amides is 2. The summed E-state index contributed by atoms with van der Waals surface area (Å²) in [5.74, 6) is 0.598. The molecule has 2 aromatic rings. The molecule has 1 aromatic heterocycles. The number of carbonyl (C=O) groups excluding carboxylic acids is 1. The van der Waals surface area contributed by atoms with Crippen LogP contribution in [-0.4, -0.2) is 30.1 Å². The van der Waals surface area contributed by atoms with Crippen molar-refractivity contribution in [1.82, 2.24) is 15.3 Å². The van der Waals surface area contributed by atoms with Gasteiger partial charge in [0.15, 0.2) is 0 Å². The van der Waals surface area contributed by atoms with Crippen molar-refractivity contribution >= 4 is 29.3 Å². The molecule has 0 unspecified atom stereocenters. The van der Waals surface area contributed by atoms with Gasteiger partial charge in [-0.3, -0.25) is 0 Å². The van der Waals surface area contributed by atoms with Crippen LogP contribution < -0.4 is 15.5 Å². The van der Waals surface area contributed by atoms with Crippen LogP contribution in [0, 0.1) is 0 Å². The molecule has 0 fully saturated rings. The van der Waals surface area contributed by atoms with Gasteiger partial charge in [0.25, 0.3) is 0 Å². The van der Waals surface area contributed by atoms with Crippen molar-refractivity contribution in [3.05, 3.63) is 47.2 Å². The lowest BCUT2D eigenvalue weighted by Crippen LogP contribution is -2.28. The van der Waals surface area contributed by atoms with Crippen molar-refractivity contribution in [2.24, 2.45) is 0 Å². The highest BCUT2D eigenvalue weighted by molar-refractivity contribution is 6.33. The Hall–Kier alpha value is -2.34. The first kappa shape index (κ1) is 15.1. The normalized spacial score (nSPS) is 10.0.